The third-order valence-electron chi connectivity index (χ3n) is 3.82. The van der Waals surface area contributed by atoms with Crippen LogP contribution in [0.2, 0.25) is 0 Å². The first-order chi connectivity index (χ1) is 9.81. The molecule has 1 saturated heterocycles. The van der Waals surface area contributed by atoms with Crippen LogP contribution in [-0.4, -0.2) is 31.2 Å². The van der Waals surface area contributed by atoms with E-state index in [1.807, 2.05) is 0 Å². The van der Waals surface area contributed by atoms with E-state index < -0.39 is 0 Å². The summed E-state index contributed by atoms with van der Waals surface area (Å²) in [6, 6.07) is 17.6. The highest BCUT2D eigenvalue weighted by Crippen LogP contribution is 2.21. The third kappa shape index (κ3) is 3.27. The predicted octanol–water partition coefficient (Wildman–Crippen LogP) is 3.49. The molecular formula is C18H21NO. The Morgan fingerprint density at radius 1 is 0.950 bits per heavy atom. The van der Waals surface area contributed by atoms with Gasteiger partial charge in [0.1, 0.15) is 0 Å². The van der Waals surface area contributed by atoms with E-state index in [9.17, 15) is 0 Å². The van der Waals surface area contributed by atoms with Crippen LogP contribution in [0.25, 0.3) is 11.1 Å². The summed E-state index contributed by atoms with van der Waals surface area (Å²) in [6.45, 7) is 6.97. The van der Waals surface area contributed by atoms with E-state index in [1.165, 1.54) is 22.3 Å². The Bertz CT molecular complexity index is 556. The minimum absolute atomic E-state index is 0.862. The molecule has 0 spiro atoms. The number of benzene rings is 2. The molecular weight excluding hydrogens is 246 g/mol. The lowest BCUT2D eigenvalue weighted by Crippen LogP contribution is -2.35. The molecule has 0 bridgehead atoms. The molecule has 3 rings (SSSR count). The van der Waals surface area contributed by atoms with Crippen molar-refractivity contribution >= 4 is 0 Å². The standard InChI is InChI=1S/C18H21NO/c1-15-3-2-4-18(13-15)17-7-5-16(6-8-17)14-19-9-11-20-12-10-19/h2-8,13H,9-12,14H2,1H3. The lowest BCUT2D eigenvalue weighted by Gasteiger charge is -2.26. The highest BCUT2D eigenvalue weighted by Gasteiger charge is 2.10. The Balaban J connectivity index is 1.71. The molecule has 1 heterocycles. The highest BCUT2D eigenvalue weighted by atomic mass is 16.5. The van der Waals surface area contributed by atoms with E-state index in [0.29, 0.717) is 0 Å². The number of rotatable bonds is 3. The van der Waals surface area contributed by atoms with Gasteiger partial charge in [-0.25, -0.2) is 0 Å². The highest BCUT2D eigenvalue weighted by molar-refractivity contribution is 5.64. The van der Waals surface area contributed by atoms with Gasteiger partial charge in [-0.1, -0.05) is 54.1 Å². The number of ether oxygens (including phenoxy) is 1. The van der Waals surface area contributed by atoms with E-state index in [2.05, 4.69) is 60.4 Å². The smallest absolute Gasteiger partial charge is 0.0594 e. The summed E-state index contributed by atoms with van der Waals surface area (Å²) in [5.74, 6) is 0. The number of hydrogen-bond acceptors (Lipinski definition) is 2. The van der Waals surface area contributed by atoms with E-state index in [4.69, 9.17) is 4.74 Å². The minimum Gasteiger partial charge on any atom is -0.379 e. The van der Waals surface area contributed by atoms with Crippen molar-refractivity contribution in [2.75, 3.05) is 26.3 Å². The summed E-state index contributed by atoms with van der Waals surface area (Å²) >= 11 is 0. The monoisotopic (exact) mass is 267 g/mol. The zero-order chi connectivity index (χ0) is 13.8. The molecule has 0 radical (unpaired) electrons. The molecule has 0 aliphatic carbocycles. The summed E-state index contributed by atoms with van der Waals surface area (Å²) < 4.78 is 5.38. The summed E-state index contributed by atoms with van der Waals surface area (Å²) in [4.78, 5) is 2.45. The molecule has 0 atom stereocenters. The average molecular weight is 267 g/mol. The zero-order valence-corrected chi connectivity index (χ0v) is 12.0. The molecule has 2 aromatic carbocycles. The van der Waals surface area contributed by atoms with Crippen molar-refractivity contribution in [2.24, 2.45) is 0 Å². The van der Waals surface area contributed by atoms with Crippen molar-refractivity contribution in [3.63, 3.8) is 0 Å². The van der Waals surface area contributed by atoms with Crippen LogP contribution in [0.3, 0.4) is 0 Å². The van der Waals surface area contributed by atoms with Crippen LogP contribution in [0.4, 0.5) is 0 Å². The van der Waals surface area contributed by atoms with Gasteiger partial charge in [0.05, 0.1) is 13.2 Å². The number of hydrogen-bond donors (Lipinski definition) is 0. The van der Waals surface area contributed by atoms with Crippen LogP contribution in [0.5, 0.6) is 0 Å². The van der Waals surface area contributed by atoms with Gasteiger partial charge in [-0.05, 0) is 23.6 Å². The Morgan fingerprint density at radius 2 is 1.70 bits per heavy atom. The first kappa shape index (κ1) is 13.3. The van der Waals surface area contributed by atoms with Crippen LogP contribution in [0.1, 0.15) is 11.1 Å². The molecule has 1 aliphatic heterocycles. The molecule has 20 heavy (non-hydrogen) atoms. The Kier molecular flexibility index (Phi) is 4.14. The minimum atomic E-state index is 0.862. The maximum absolute atomic E-state index is 5.38. The zero-order valence-electron chi connectivity index (χ0n) is 12.0. The molecule has 0 saturated carbocycles. The molecule has 104 valence electrons. The largest absolute Gasteiger partial charge is 0.379 e. The fraction of sp³-hybridized carbons (Fsp3) is 0.333. The van der Waals surface area contributed by atoms with Gasteiger partial charge in [0.15, 0.2) is 0 Å². The van der Waals surface area contributed by atoms with Crippen LogP contribution in [0.15, 0.2) is 48.5 Å². The fourth-order valence-electron chi connectivity index (χ4n) is 2.64. The van der Waals surface area contributed by atoms with E-state index >= 15 is 0 Å². The summed E-state index contributed by atoms with van der Waals surface area (Å²) in [7, 11) is 0. The van der Waals surface area contributed by atoms with Gasteiger partial charge in [0.2, 0.25) is 0 Å². The first-order valence-electron chi connectivity index (χ1n) is 7.27. The summed E-state index contributed by atoms with van der Waals surface area (Å²) in [5.41, 5.74) is 5.27. The van der Waals surface area contributed by atoms with E-state index in [-0.39, 0.29) is 0 Å². The maximum atomic E-state index is 5.38. The molecule has 0 aromatic heterocycles. The Hall–Kier alpha value is -1.64. The van der Waals surface area contributed by atoms with Gasteiger partial charge in [-0.15, -0.1) is 0 Å². The fourth-order valence-corrected chi connectivity index (χ4v) is 2.64. The van der Waals surface area contributed by atoms with Crippen molar-refractivity contribution < 1.29 is 4.74 Å². The normalized spacial score (nSPS) is 16.2. The van der Waals surface area contributed by atoms with Crippen molar-refractivity contribution in [2.45, 2.75) is 13.5 Å². The molecule has 1 aliphatic rings. The second-order valence-electron chi connectivity index (χ2n) is 5.45. The number of morpholine rings is 1. The second kappa shape index (κ2) is 6.21. The van der Waals surface area contributed by atoms with Gasteiger partial charge >= 0.3 is 0 Å². The first-order valence-corrected chi connectivity index (χ1v) is 7.27. The van der Waals surface area contributed by atoms with Crippen LogP contribution < -0.4 is 0 Å². The lowest BCUT2D eigenvalue weighted by molar-refractivity contribution is 0.0342. The van der Waals surface area contributed by atoms with Gasteiger partial charge < -0.3 is 4.74 Å². The molecule has 0 amide bonds. The summed E-state index contributed by atoms with van der Waals surface area (Å²) in [6.07, 6.45) is 0. The Morgan fingerprint density at radius 3 is 2.40 bits per heavy atom. The molecule has 0 N–H and O–H groups in total. The molecule has 1 fully saturated rings. The second-order valence-corrected chi connectivity index (χ2v) is 5.45. The van der Waals surface area contributed by atoms with Gasteiger partial charge in [-0.3, -0.25) is 4.90 Å². The van der Waals surface area contributed by atoms with E-state index in [0.717, 1.165) is 32.8 Å². The van der Waals surface area contributed by atoms with Crippen molar-refractivity contribution in [3.05, 3.63) is 59.7 Å². The molecule has 0 unspecified atom stereocenters. The molecule has 2 nitrogen and oxygen atoms in total. The van der Waals surface area contributed by atoms with Crippen molar-refractivity contribution in [1.82, 2.24) is 4.90 Å². The average Bonchev–Trinajstić information content (AvgIpc) is 2.49. The number of nitrogens with zero attached hydrogens (tertiary/aromatic N) is 1. The molecule has 2 heteroatoms. The van der Waals surface area contributed by atoms with Crippen LogP contribution >= 0.6 is 0 Å². The maximum Gasteiger partial charge on any atom is 0.0594 e. The van der Waals surface area contributed by atoms with E-state index in [1.54, 1.807) is 0 Å². The number of aryl methyl sites for hydroxylation is 1. The van der Waals surface area contributed by atoms with Crippen LogP contribution in [0, 0.1) is 6.92 Å². The summed E-state index contributed by atoms with van der Waals surface area (Å²) in [5, 5.41) is 0. The third-order valence-corrected chi connectivity index (χ3v) is 3.82. The lowest BCUT2D eigenvalue weighted by atomic mass is 10.0. The SMILES string of the molecule is Cc1cccc(-c2ccc(CN3CCOCC3)cc2)c1. The topological polar surface area (TPSA) is 12.5 Å². The quantitative estimate of drug-likeness (QED) is 0.844. The Labute approximate surface area is 121 Å². The predicted molar refractivity (Wildman–Crippen MR) is 82.7 cm³/mol. The van der Waals surface area contributed by atoms with Crippen molar-refractivity contribution in [1.29, 1.82) is 0 Å². The van der Waals surface area contributed by atoms with Gasteiger partial charge in [-0.2, -0.15) is 0 Å². The van der Waals surface area contributed by atoms with Crippen molar-refractivity contribution in [3.8, 4) is 11.1 Å². The van der Waals surface area contributed by atoms with Gasteiger partial charge in [0, 0.05) is 19.6 Å². The van der Waals surface area contributed by atoms with Crippen LogP contribution in [-0.2, 0) is 11.3 Å². The molecule has 2 aromatic rings. The van der Waals surface area contributed by atoms with Gasteiger partial charge in [0.25, 0.3) is 0 Å².